The van der Waals surface area contributed by atoms with Crippen LogP contribution in [0.1, 0.15) is 5.56 Å². The molecule has 4 nitrogen and oxygen atoms in total. The number of hydrogen-bond acceptors (Lipinski definition) is 4. The van der Waals surface area contributed by atoms with Crippen molar-refractivity contribution in [3.8, 4) is 5.75 Å². The Labute approximate surface area is 114 Å². The van der Waals surface area contributed by atoms with Crippen LogP contribution < -0.4 is 10.5 Å². The van der Waals surface area contributed by atoms with Crippen LogP contribution in [0.5, 0.6) is 5.75 Å². The third kappa shape index (κ3) is 6.30. The molecule has 1 unspecified atom stereocenters. The van der Waals surface area contributed by atoms with Gasteiger partial charge in [-0.2, -0.15) is 0 Å². The summed E-state index contributed by atoms with van der Waals surface area (Å²) < 4.78 is 44.2. The average molecular weight is 300 g/mol. The lowest BCUT2D eigenvalue weighted by atomic mass is 10.1. The summed E-state index contributed by atoms with van der Waals surface area (Å²) in [6.45, 7) is 0. The molecule has 0 fully saturated rings. The van der Waals surface area contributed by atoms with Gasteiger partial charge in [-0.25, -0.2) is 0 Å². The Bertz CT molecular complexity index is 426. The van der Waals surface area contributed by atoms with Crippen LogP contribution in [-0.4, -0.2) is 25.5 Å². The van der Waals surface area contributed by atoms with Crippen molar-refractivity contribution in [2.45, 2.75) is 18.8 Å². The van der Waals surface area contributed by atoms with Crippen molar-refractivity contribution in [3.63, 3.8) is 0 Å². The van der Waals surface area contributed by atoms with E-state index in [1.54, 1.807) is 6.07 Å². The summed E-state index contributed by atoms with van der Waals surface area (Å²) in [5.41, 5.74) is 5.95. The molecule has 0 saturated heterocycles. The molecule has 0 amide bonds. The predicted molar refractivity (Wildman–Crippen MR) is 64.1 cm³/mol. The summed E-state index contributed by atoms with van der Waals surface area (Å²) in [6.07, 6.45) is -4.68. The first-order chi connectivity index (χ1) is 8.31. The zero-order valence-electron chi connectivity index (χ0n) is 9.94. The monoisotopic (exact) mass is 299 g/mol. The lowest BCUT2D eigenvalue weighted by Crippen LogP contribution is -2.33. The summed E-state index contributed by atoms with van der Waals surface area (Å²) in [7, 11) is 1.19. The van der Waals surface area contributed by atoms with Gasteiger partial charge in [0.15, 0.2) is 0 Å². The third-order valence-electron chi connectivity index (χ3n) is 2.09. The Morgan fingerprint density at radius 1 is 1.42 bits per heavy atom. The molecule has 0 aliphatic heterocycles. The third-order valence-corrected chi connectivity index (χ3v) is 2.09. The highest BCUT2D eigenvalue weighted by molar-refractivity contribution is 5.85. The summed E-state index contributed by atoms with van der Waals surface area (Å²) in [5.74, 6) is -0.978. The van der Waals surface area contributed by atoms with E-state index in [9.17, 15) is 18.0 Å². The second-order valence-electron chi connectivity index (χ2n) is 3.53. The van der Waals surface area contributed by atoms with Crippen LogP contribution in [0.3, 0.4) is 0 Å². The molecule has 19 heavy (non-hydrogen) atoms. The average Bonchev–Trinajstić information content (AvgIpc) is 2.26. The number of methoxy groups -OCH3 is 1. The predicted octanol–water partition coefficient (Wildman–Crippen LogP) is 2.05. The molecule has 8 heteroatoms. The largest absolute Gasteiger partial charge is 0.573 e. The van der Waals surface area contributed by atoms with Gasteiger partial charge < -0.3 is 15.2 Å². The van der Waals surface area contributed by atoms with E-state index in [0.717, 1.165) is 0 Å². The first-order valence-electron chi connectivity index (χ1n) is 5.00. The number of hydrogen-bond donors (Lipinski definition) is 1. The maximum absolute atomic E-state index is 12.0. The van der Waals surface area contributed by atoms with E-state index < -0.39 is 18.4 Å². The van der Waals surface area contributed by atoms with Crippen LogP contribution in [0.2, 0.25) is 0 Å². The number of carbonyl (C=O) groups excluding carboxylic acids is 1. The zero-order chi connectivity index (χ0) is 13.8. The molecule has 1 aromatic rings. The molecule has 0 heterocycles. The summed E-state index contributed by atoms with van der Waals surface area (Å²) in [4.78, 5) is 11.1. The molecule has 1 aromatic carbocycles. The molecular weight excluding hydrogens is 287 g/mol. The van der Waals surface area contributed by atoms with E-state index >= 15 is 0 Å². The molecule has 2 N–H and O–H groups in total. The van der Waals surface area contributed by atoms with Gasteiger partial charge in [0.2, 0.25) is 0 Å². The van der Waals surface area contributed by atoms with Crippen LogP contribution >= 0.6 is 12.4 Å². The standard InChI is InChI=1S/C11H12F3NO3.ClH/c1-17-10(16)9(15)6-7-3-2-4-8(5-7)18-11(12,13)14;/h2-5,9H,6,15H2,1H3;1H. The second kappa shape index (κ2) is 7.20. The van der Waals surface area contributed by atoms with Crippen LogP contribution in [0.25, 0.3) is 0 Å². The van der Waals surface area contributed by atoms with E-state index in [-0.39, 0.29) is 24.6 Å². The Morgan fingerprint density at radius 2 is 2.05 bits per heavy atom. The fourth-order valence-corrected chi connectivity index (χ4v) is 1.36. The summed E-state index contributed by atoms with van der Waals surface area (Å²) in [6, 6.07) is 4.36. The van der Waals surface area contributed by atoms with E-state index in [4.69, 9.17) is 5.73 Å². The number of carbonyl (C=O) groups is 1. The molecule has 0 aromatic heterocycles. The van der Waals surface area contributed by atoms with Gasteiger partial charge in [0.1, 0.15) is 11.8 Å². The Hall–Kier alpha value is -1.47. The van der Waals surface area contributed by atoms with Crippen LogP contribution in [0, 0.1) is 0 Å². The van der Waals surface area contributed by atoms with Crippen molar-refractivity contribution in [2.75, 3.05) is 7.11 Å². The lowest BCUT2D eigenvalue weighted by molar-refractivity contribution is -0.274. The molecule has 108 valence electrons. The minimum Gasteiger partial charge on any atom is -0.468 e. The molecule has 0 aliphatic carbocycles. The number of benzene rings is 1. The Balaban J connectivity index is 0.00000324. The van der Waals surface area contributed by atoms with E-state index in [1.807, 2.05) is 0 Å². The van der Waals surface area contributed by atoms with Crippen molar-refractivity contribution < 1.29 is 27.4 Å². The van der Waals surface area contributed by atoms with Crippen molar-refractivity contribution in [1.82, 2.24) is 0 Å². The SMILES string of the molecule is COC(=O)C(N)Cc1cccc(OC(F)(F)F)c1.Cl. The Morgan fingerprint density at radius 3 is 2.58 bits per heavy atom. The number of esters is 1. The first kappa shape index (κ1) is 17.5. The van der Waals surface area contributed by atoms with Gasteiger partial charge in [0, 0.05) is 0 Å². The highest BCUT2D eigenvalue weighted by Gasteiger charge is 2.31. The van der Waals surface area contributed by atoms with Crippen molar-refractivity contribution in [3.05, 3.63) is 29.8 Å². The molecule has 0 radical (unpaired) electrons. The fourth-order valence-electron chi connectivity index (χ4n) is 1.36. The zero-order valence-corrected chi connectivity index (χ0v) is 10.8. The molecule has 0 bridgehead atoms. The van der Waals surface area contributed by atoms with Gasteiger partial charge in [0.25, 0.3) is 0 Å². The van der Waals surface area contributed by atoms with Crippen molar-refractivity contribution in [1.29, 1.82) is 0 Å². The maximum atomic E-state index is 12.0. The van der Waals surface area contributed by atoms with Gasteiger partial charge in [-0.15, -0.1) is 25.6 Å². The minimum absolute atomic E-state index is 0. The van der Waals surface area contributed by atoms with Gasteiger partial charge in [-0.05, 0) is 24.1 Å². The maximum Gasteiger partial charge on any atom is 0.573 e. The molecular formula is C11H13ClF3NO3. The minimum atomic E-state index is -4.75. The summed E-state index contributed by atoms with van der Waals surface area (Å²) in [5, 5.41) is 0. The van der Waals surface area contributed by atoms with Gasteiger partial charge >= 0.3 is 12.3 Å². The fraction of sp³-hybridized carbons (Fsp3) is 0.364. The topological polar surface area (TPSA) is 61.5 Å². The smallest absolute Gasteiger partial charge is 0.468 e. The van der Waals surface area contributed by atoms with Crippen LogP contribution in [0.4, 0.5) is 13.2 Å². The number of rotatable bonds is 4. The highest BCUT2D eigenvalue weighted by atomic mass is 35.5. The quantitative estimate of drug-likeness (QED) is 0.864. The van der Waals surface area contributed by atoms with Gasteiger partial charge in [0.05, 0.1) is 7.11 Å². The van der Waals surface area contributed by atoms with Crippen molar-refractivity contribution in [2.24, 2.45) is 5.73 Å². The molecule has 0 aliphatic rings. The normalized spacial score (nSPS) is 12.3. The molecule has 1 atom stereocenters. The van der Waals surface area contributed by atoms with E-state index in [1.165, 1.54) is 25.3 Å². The number of alkyl halides is 3. The lowest BCUT2D eigenvalue weighted by Gasteiger charge is -2.12. The van der Waals surface area contributed by atoms with Gasteiger partial charge in [-0.1, -0.05) is 12.1 Å². The van der Waals surface area contributed by atoms with E-state index in [0.29, 0.717) is 5.56 Å². The van der Waals surface area contributed by atoms with E-state index in [2.05, 4.69) is 9.47 Å². The van der Waals surface area contributed by atoms with Crippen LogP contribution in [0.15, 0.2) is 24.3 Å². The van der Waals surface area contributed by atoms with Crippen molar-refractivity contribution >= 4 is 18.4 Å². The number of nitrogens with two attached hydrogens (primary N) is 1. The molecule has 0 spiro atoms. The second-order valence-corrected chi connectivity index (χ2v) is 3.53. The molecule has 1 rings (SSSR count). The number of halogens is 4. The van der Waals surface area contributed by atoms with Crippen LogP contribution in [-0.2, 0) is 16.0 Å². The number of ether oxygens (including phenoxy) is 2. The van der Waals surface area contributed by atoms with Gasteiger partial charge in [-0.3, -0.25) is 4.79 Å². The first-order valence-corrected chi connectivity index (χ1v) is 5.00. The summed E-state index contributed by atoms with van der Waals surface area (Å²) >= 11 is 0. The highest BCUT2D eigenvalue weighted by Crippen LogP contribution is 2.23. The molecule has 0 saturated carbocycles. The Kier molecular flexibility index (Phi) is 6.64.